The number of benzene rings is 2. The third kappa shape index (κ3) is 2.66. The Labute approximate surface area is 133 Å². The number of nitrogens with zero attached hydrogens (tertiary/aromatic N) is 4. The molecule has 0 atom stereocenters. The molecule has 23 heavy (non-hydrogen) atoms. The fourth-order valence-corrected chi connectivity index (χ4v) is 2.67. The summed E-state index contributed by atoms with van der Waals surface area (Å²) >= 11 is 0. The van der Waals surface area contributed by atoms with E-state index in [-0.39, 0.29) is 0 Å². The number of aryl methyl sites for hydroxylation is 1. The van der Waals surface area contributed by atoms with E-state index >= 15 is 0 Å². The SMILES string of the molecule is Cc1cc(CNc2ccc3[nH]ncc3c2)ccc1-n1cncn1. The molecule has 114 valence electrons. The average molecular weight is 304 g/mol. The van der Waals surface area contributed by atoms with Gasteiger partial charge in [0.25, 0.3) is 0 Å². The highest BCUT2D eigenvalue weighted by atomic mass is 15.3. The van der Waals surface area contributed by atoms with Crippen LogP contribution in [0, 0.1) is 6.92 Å². The zero-order valence-electron chi connectivity index (χ0n) is 12.7. The highest BCUT2D eigenvalue weighted by Gasteiger charge is 2.04. The molecule has 0 aliphatic rings. The van der Waals surface area contributed by atoms with Gasteiger partial charge in [-0.05, 0) is 42.3 Å². The number of hydrogen-bond donors (Lipinski definition) is 2. The van der Waals surface area contributed by atoms with Crippen LogP contribution in [0.15, 0.2) is 55.2 Å². The van der Waals surface area contributed by atoms with E-state index in [0.717, 1.165) is 28.8 Å². The first-order chi connectivity index (χ1) is 11.3. The predicted octanol–water partition coefficient (Wildman–Crippen LogP) is 3.06. The maximum atomic E-state index is 4.18. The fourth-order valence-electron chi connectivity index (χ4n) is 2.67. The van der Waals surface area contributed by atoms with Gasteiger partial charge in [-0.2, -0.15) is 10.2 Å². The summed E-state index contributed by atoms with van der Waals surface area (Å²) in [5.74, 6) is 0. The summed E-state index contributed by atoms with van der Waals surface area (Å²) in [6.45, 7) is 2.85. The van der Waals surface area contributed by atoms with Gasteiger partial charge in [0, 0.05) is 17.6 Å². The molecule has 0 saturated carbocycles. The highest BCUT2D eigenvalue weighted by molar-refractivity contribution is 5.81. The van der Waals surface area contributed by atoms with Crippen LogP contribution in [-0.4, -0.2) is 25.0 Å². The molecule has 4 aromatic rings. The van der Waals surface area contributed by atoms with Crippen LogP contribution in [0.5, 0.6) is 0 Å². The highest BCUT2D eigenvalue weighted by Crippen LogP contribution is 2.19. The van der Waals surface area contributed by atoms with Gasteiger partial charge >= 0.3 is 0 Å². The topological polar surface area (TPSA) is 71.4 Å². The van der Waals surface area contributed by atoms with Crippen molar-refractivity contribution in [3.05, 3.63) is 66.4 Å². The molecule has 0 fully saturated rings. The van der Waals surface area contributed by atoms with Gasteiger partial charge in [-0.3, -0.25) is 5.10 Å². The van der Waals surface area contributed by atoms with E-state index in [2.05, 4.69) is 62.9 Å². The number of rotatable bonds is 4. The van der Waals surface area contributed by atoms with Crippen molar-refractivity contribution in [1.29, 1.82) is 0 Å². The minimum atomic E-state index is 0.766. The Kier molecular flexibility index (Phi) is 3.27. The van der Waals surface area contributed by atoms with Gasteiger partial charge in [0.1, 0.15) is 12.7 Å². The van der Waals surface area contributed by atoms with Crippen LogP contribution in [0.2, 0.25) is 0 Å². The molecule has 0 unspecified atom stereocenters. The van der Waals surface area contributed by atoms with Crippen LogP contribution in [0.25, 0.3) is 16.6 Å². The molecule has 2 aromatic heterocycles. The molecule has 2 N–H and O–H groups in total. The van der Waals surface area contributed by atoms with E-state index in [9.17, 15) is 0 Å². The van der Waals surface area contributed by atoms with E-state index in [0.29, 0.717) is 0 Å². The molecule has 0 radical (unpaired) electrons. The van der Waals surface area contributed by atoms with Crippen LogP contribution in [0.3, 0.4) is 0 Å². The van der Waals surface area contributed by atoms with Crippen LogP contribution >= 0.6 is 0 Å². The van der Waals surface area contributed by atoms with Crippen molar-refractivity contribution in [2.45, 2.75) is 13.5 Å². The van der Waals surface area contributed by atoms with Crippen molar-refractivity contribution < 1.29 is 0 Å². The fraction of sp³-hybridized carbons (Fsp3) is 0.118. The first-order valence-corrected chi connectivity index (χ1v) is 7.41. The zero-order valence-corrected chi connectivity index (χ0v) is 12.7. The largest absolute Gasteiger partial charge is 0.381 e. The summed E-state index contributed by atoms with van der Waals surface area (Å²) in [5, 5.41) is 15.7. The van der Waals surface area contributed by atoms with Crippen LogP contribution < -0.4 is 5.32 Å². The number of H-pyrrole nitrogens is 1. The predicted molar refractivity (Wildman–Crippen MR) is 89.5 cm³/mol. The van der Waals surface area contributed by atoms with Gasteiger partial charge in [0.05, 0.1) is 17.4 Å². The van der Waals surface area contributed by atoms with E-state index in [1.54, 1.807) is 17.3 Å². The standard InChI is InChI=1S/C17H16N6/c1-12-6-13(2-5-17(12)23-11-18-10-21-23)8-19-15-3-4-16-14(7-15)9-20-22-16/h2-7,9-11,19H,8H2,1H3,(H,20,22). The smallest absolute Gasteiger partial charge is 0.138 e. The molecule has 4 rings (SSSR count). The molecule has 0 aliphatic heterocycles. The van der Waals surface area contributed by atoms with E-state index in [1.165, 1.54) is 11.1 Å². The maximum Gasteiger partial charge on any atom is 0.138 e. The molecule has 0 aliphatic carbocycles. The number of hydrogen-bond acceptors (Lipinski definition) is 4. The van der Waals surface area contributed by atoms with Crippen molar-refractivity contribution >= 4 is 16.6 Å². The van der Waals surface area contributed by atoms with E-state index < -0.39 is 0 Å². The lowest BCUT2D eigenvalue weighted by Gasteiger charge is -2.10. The number of anilines is 1. The molecule has 6 heteroatoms. The molecule has 6 nitrogen and oxygen atoms in total. The van der Waals surface area contributed by atoms with Gasteiger partial charge < -0.3 is 5.32 Å². The Balaban J connectivity index is 1.51. The van der Waals surface area contributed by atoms with Crippen LogP contribution in [0.1, 0.15) is 11.1 Å². The lowest BCUT2D eigenvalue weighted by atomic mass is 10.1. The summed E-state index contributed by atoms with van der Waals surface area (Å²) in [4.78, 5) is 3.99. The van der Waals surface area contributed by atoms with E-state index in [1.807, 2.05) is 12.3 Å². The van der Waals surface area contributed by atoms with Crippen molar-refractivity contribution in [2.24, 2.45) is 0 Å². The molecule has 2 heterocycles. The Morgan fingerprint density at radius 2 is 2.13 bits per heavy atom. The first kappa shape index (κ1) is 13.5. The molecule has 0 saturated heterocycles. The lowest BCUT2D eigenvalue weighted by molar-refractivity contribution is 0.869. The maximum absolute atomic E-state index is 4.18. The second-order valence-corrected chi connectivity index (χ2v) is 5.49. The minimum absolute atomic E-state index is 0.766. The summed E-state index contributed by atoms with van der Waals surface area (Å²) in [6, 6.07) is 12.5. The van der Waals surface area contributed by atoms with E-state index in [4.69, 9.17) is 0 Å². The minimum Gasteiger partial charge on any atom is -0.381 e. The van der Waals surface area contributed by atoms with Gasteiger partial charge in [-0.15, -0.1) is 0 Å². The first-order valence-electron chi connectivity index (χ1n) is 7.41. The third-order valence-corrected chi connectivity index (χ3v) is 3.86. The Morgan fingerprint density at radius 1 is 1.17 bits per heavy atom. The zero-order chi connectivity index (χ0) is 15.6. The number of aromatic amines is 1. The van der Waals surface area contributed by atoms with Crippen molar-refractivity contribution in [2.75, 3.05) is 5.32 Å². The van der Waals surface area contributed by atoms with Crippen molar-refractivity contribution in [1.82, 2.24) is 25.0 Å². The Hall–Kier alpha value is -3.15. The average Bonchev–Trinajstić information content (AvgIpc) is 3.24. The summed E-state index contributed by atoms with van der Waals surface area (Å²) in [7, 11) is 0. The van der Waals surface area contributed by atoms with Gasteiger partial charge in [-0.1, -0.05) is 12.1 Å². The molecular weight excluding hydrogens is 288 g/mol. The van der Waals surface area contributed by atoms with Gasteiger partial charge in [0.2, 0.25) is 0 Å². The number of fused-ring (bicyclic) bond motifs is 1. The van der Waals surface area contributed by atoms with Gasteiger partial charge in [0.15, 0.2) is 0 Å². The monoisotopic (exact) mass is 304 g/mol. The second kappa shape index (κ2) is 5.57. The number of aromatic nitrogens is 5. The van der Waals surface area contributed by atoms with Crippen LogP contribution in [-0.2, 0) is 6.54 Å². The summed E-state index contributed by atoms with van der Waals surface area (Å²) < 4.78 is 1.78. The Bertz CT molecular complexity index is 939. The van der Waals surface area contributed by atoms with Crippen LogP contribution in [0.4, 0.5) is 5.69 Å². The molecular formula is C17H16N6. The molecule has 0 amide bonds. The Morgan fingerprint density at radius 3 is 2.96 bits per heavy atom. The normalized spacial score (nSPS) is 11.0. The molecule has 2 aromatic carbocycles. The van der Waals surface area contributed by atoms with Gasteiger partial charge in [-0.25, -0.2) is 9.67 Å². The molecule has 0 spiro atoms. The van der Waals surface area contributed by atoms with Crippen molar-refractivity contribution in [3.8, 4) is 5.69 Å². The summed E-state index contributed by atoms with van der Waals surface area (Å²) in [6.07, 6.45) is 5.08. The summed E-state index contributed by atoms with van der Waals surface area (Å²) in [5.41, 5.74) is 5.56. The second-order valence-electron chi connectivity index (χ2n) is 5.49. The third-order valence-electron chi connectivity index (χ3n) is 3.86. The van der Waals surface area contributed by atoms with Crippen molar-refractivity contribution in [3.63, 3.8) is 0 Å². The molecule has 0 bridgehead atoms. The number of nitrogens with one attached hydrogen (secondary N) is 2. The lowest BCUT2D eigenvalue weighted by Crippen LogP contribution is -2.02. The quantitative estimate of drug-likeness (QED) is 0.608.